The topological polar surface area (TPSA) is 30.7 Å². The predicted octanol–water partition coefficient (Wildman–Crippen LogP) is 12.5. The van der Waals surface area contributed by atoms with Crippen molar-refractivity contribution >= 4 is 55.4 Å². The molecule has 0 saturated carbocycles. The van der Waals surface area contributed by atoms with Crippen LogP contribution in [-0.2, 0) is 0 Å². The van der Waals surface area contributed by atoms with E-state index < -0.39 is 0 Å². The molecule has 0 fully saturated rings. The molecule has 0 unspecified atom stereocenters. The van der Waals surface area contributed by atoms with E-state index in [0.29, 0.717) is 0 Å². The number of aromatic nitrogens is 3. The Morgan fingerprint density at radius 2 is 1.05 bits per heavy atom. The summed E-state index contributed by atoms with van der Waals surface area (Å²) in [6.45, 7) is 0. The van der Waals surface area contributed by atoms with Gasteiger partial charge < -0.3 is 4.57 Å². The summed E-state index contributed by atoms with van der Waals surface area (Å²) >= 11 is 1.88. The number of thiophene rings is 1. The highest BCUT2D eigenvalue weighted by Gasteiger charge is 2.20. The van der Waals surface area contributed by atoms with Gasteiger partial charge in [-0.2, -0.15) is 0 Å². The summed E-state index contributed by atoms with van der Waals surface area (Å²) in [6.07, 6.45) is 6.94. The Hall–Kier alpha value is -6.88. The third-order valence-corrected chi connectivity index (χ3v) is 12.3. The zero-order chi connectivity index (χ0) is 37.0. The molecule has 3 nitrogen and oxygen atoms in total. The van der Waals surface area contributed by atoms with Gasteiger partial charge in [-0.1, -0.05) is 152 Å². The van der Waals surface area contributed by atoms with Gasteiger partial charge in [-0.15, -0.1) is 11.3 Å². The van der Waals surface area contributed by atoms with E-state index >= 15 is 0 Å². The molecule has 264 valence electrons. The van der Waals surface area contributed by atoms with Gasteiger partial charge in [0.05, 0.1) is 22.4 Å². The van der Waals surface area contributed by atoms with Crippen LogP contribution in [0.4, 0.5) is 0 Å². The summed E-state index contributed by atoms with van der Waals surface area (Å²) in [5, 5.41) is 5.07. The van der Waals surface area contributed by atoms with Crippen LogP contribution in [0.1, 0.15) is 12.8 Å². The Morgan fingerprint density at radius 3 is 1.86 bits per heavy atom. The van der Waals surface area contributed by atoms with E-state index in [2.05, 4.69) is 187 Å². The summed E-state index contributed by atoms with van der Waals surface area (Å²) in [5.41, 5.74) is 13.3. The van der Waals surface area contributed by atoms with Crippen molar-refractivity contribution in [1.82, 2.24) is 14.5 Å². The first-order valence-electron chi connectivity index (χ1n) is 19.2. The molecule has 0 spiro atoms. The van der Waals surface area contributed by atoms with Crippen molar-refractivity contribution in [3.05, 3.63) is 186 Å². The molecule has 0 saturated heterocycles. The average Bonchev–Trinajstić information content (AvgIpc) is 3.82. The molecule has 7 aromatic carbocycles. The molecule has 56 heavy (non-hydrogen) atoms. The molecule has 10 aromatic rings. The molecule has 1 aliphatic rings. The Morgan fingerprint density at radius 1 is 0.429 bits per heavy atom. The summed E-state index contributed by atoms with van der Waals surface area (Å²) in [7, 11) is 0. The minimum Gasteiger partial charge on any atom is -0.309 e. The van der Waals surface area contributed by atoms with E-state index in [4.69, 9.17) is 9.97 Å². The maximum atomic E-state index is 5.36. The number of hydrogen-bond donors (Lipinski definition) is 0. The molecular formula is C52H35N3S. The lowest BCUT2D eigenvalue weighted by molar-refractivity contribution is 1.13. The quantitative estimate of drug-likeness (QED) is 0.170. The van der Waals surface area contributed by atoms with Crippen LogP contribution in [0.15, 0.2) is 176 Å². The molecule has 4 heteroatoms. The van der Waals surface area contributed by atoms with Crippen molar-refractivity contribution in [2.45, 2.75) is 12.8 Å². The Bertz CT molecular complexity index is 3180. The molecule has 0 N–H and O–H groups in total. The standard InChI is InChI=1S/C52H35N3S/c1-4-15-34(16-5-1)37-21-14-22-38(29-37)39-27-28-42-41-23-10-12-25-48(41)55(49(42)30-39)40-31-44-43-24-11-13-26-50(43)56-51(44)45(32-40)47-33-46(35-17-6-2-7-18-35)53-52(54-47)36-19-8-3-9-20-36/h1-10,12,14-33H,11,13H2. The molecule has 1 aliphatic carbocycles. The summed E-state index contributed by atoms with van der Waals surface area (Å²) in [5.74, 6) is 0.721. The van der Waals surface area contributed by atoms with Gasteiger partial charge in [0.25, 0.3) is 0 Å². The van der Waals surface area contributed by atoms with Gasteiger partial charge in [0.2, 0.25) is 0 Å². The first-order chi connectivity index (χ1) is 27.7. The lowest BCUT2D eigenvalue weighted by Crippen LogP contribution is -2.20. The zero-order valence-electron chi connectivity index (χ0n) is 30.6. The number of nitrogens with zero attached hydrogens (tertiary/aromatic N) is 3. The fraction of sp³-hybridized carbons (Fsp3) is 0.0385. The fourth-order valence-corrected chi connectivity index (χ4v) is 9.62. The van der Waals surface area contributed by atoms with E-state index in [-0.39, 0.29) is 0 Å². The van der Waals surface area contributed by atoms with E-state index in [0.717, 1.165) is 52.4 Å². The van der Waals surface area contributed by atoms with Crippen molar-refractivity contribution in [1.29, 1.82) is 0 Å². The summed E-state index contributed by atoms with van der Waals surface area (Å²) in [4.78, 5) is 10.5. The maximum absolute atomic E-state index is 5.36. The van der Waals surface area contributed by atoms with E-state index in [1.54, 1.807) is 0 Å². The zero-order valence-corrected chi connectivity index (χ0v) is 31.4. The van der Waals surface area contributed by atoms with Crippen LogP contribution in [0.3, 0.4) is 0 Å². The normalized spacial score (nSPS) is 12.4. The van der Waals surface area contributed by atoms with Crippen LogP contribution in [0.25, 0.3) is 106 Å². The van der Waals surface area contributed by atoms with Gasteiger partial charge in [0, 0.05) is 47.8 Å². The average molecular weight is 734 g/mol. The van der Waals surface area contributed by atoms with Crippen LogP contribution >= 0.6 is 11.3 Å². The Kier molecular flexibility index (Phi) is 7.82. The molecule has 11 rings (SSSR count). The van der Waals surface area contributed by atoms with Crippen molar-refractivity contribution in [3.8, 4) is 61.8 Å². The second kappa shape index (κ2) is 13.5. The molecule has 3 aromatic heterocycles. The van der Waals surface area contributed by atoms with Gasteiger partial charge in [-0.05, 0) is 76.7 Å². The Labute approximate surface area is 328 Å². The minimum atomic E-state index is 0.721. The van der Waals surface area contributed by atoms with E-state index in [1.165, 1.54) is 63.9 Å². The largest absolute Gasteiger partial charge is 0.309 e. The molecule has 3 heterocycles. The highest BCUT2D eigenvalue weighted by molar-refractivity contribution is 7.17. The molecule has 0 bridgehead atoms. The van der Waals surface area contributed by atoms with Crippen molar-refractivity contribution in [3.63, 3.8) is 0 Å². The van der Waals surface area contributed by atoms with Crippen molar-refractivity contribution in [2.75, 3.05) is 0 Å². The number of fused-ring (bicyclic) bond motifs is 6. The minimum absolute atomic E-state index is 0.721. The SMILES string of the molecule is C1=c2sc3c(-c4cc(-c5ccccc5)nc(-c5ccccc5)n4)cc(-n4c5ccccc5c5ccc(-c6cccc(-c7ccccc7)c6)cc54)cc3c2=CCC1. The molecule has 0 atom stereocenters. The summed E-state index contributed by atoms with van der Waals surface area (Å²) in [6, 6.07) is 63.0. The Balaban J connectivity index is 1.18. The molecule has 0 amide bonds. The number of rotatable bonds is 6. The van der Waals surface area contributed by atoms with Crippen molar-refractivity contribution < 1.29 is 0 Å². The fourth-order valence-electron chi connectivity index (χ4n) is 8.34. The lowest BCUT2D eigenvalue weighted by Gasteiger charge is -2.14. The number of para-hydroxylation sites is 1. The first kappa shape index (κ1) is 32.5. The van der Waals surface area contributed by atoms with Gasteiger partial charge in [0.15, 0.2) is 5.82 Å². The third kappa shape index (κ3) is 5.57. The highest BCUT2D eigenvalue weighted by Crippen LogP contribution is 2.39. The van der Waals surface area contributed by atoms with E-state index in [9.17, 15) is 0 Å². The molecule has 0 aliphatic heterocycles. The second-order valence-electron chi connectivity index (χ2n) is 14.5. The van der Waals surface area contributed by atoms with Crippen LogP contribution in [-0.4, -0.2) is 14.5 Å². The van der Waals surface area contributed by atoms with Crippen LogP contribution in [0.2, 0.25) is 0 Å². The van der Waals surface area contributed by atoms with Gasteiger partial charge >= 0.3 is 0 Å². The monoisotopic (exact) mass is 733 g/mol. The van der Waals surface area contributed by atoms with Gasteiger partial charge in [-0.3, -0.25) is 0 Å². The van der Waals surface area contributed by atoms with Crippen LogP contribution in [0.5, 0.6) is 0 Å². The lowest BCUT2D eigenvalue weighted by atomic mass is 9.98. The van der Waals surface area contributed by atoms with Crippen molar-refractivity contribution in [2.24, 2.45) is 0 Å². The number of benzene rings is 7. The first-order valence-corrected chi connectivity index (χ1v) is 20.0. The predicted molar refractivity (Wildman–Crippen MR) is 236 cm³/mol. The van der Waals surface area contributed by atoms with E-state index in [1.807, 2.05) is 17.4 Å². The maximum Gasteiger partial charge on any atom is 0.160 e. The molecule has 0 radical (unpaired) electrons. The smallest absolute Gasteiger partial charge is 0.160 e. The summed E-state index contributed by atoms with van der Waals surface area (Å²) < 4.78 is 5.06. The second-order valence-corrected chi connectivity index (χ2v) is 15.5. The van der Waals surface area contributed by atoms with Crippen LogP contribution in [0, 0.1) is 0 Å². The van der Waals surface area contributed by atoms with Crippen LogP contribution < -0.4 is 9.75 Å². The van der Waals surface area contributed by atoms with Gasteiger partial charge in [0.1, 0.15) is 0 Å². The highest BCUT2D eigenvalue weighted by atomic mass is 32.1. The number of hydrogen-bond acceptors (Lipinski definition) is 3. The molecular weight excluding hydrogens is 699 g/mol. The van der Waals surface area contributed by atoms with Gasteiger partial charge in [-0.25, -0.2) is 9.97 Å². The third-order valence-electron chi connectivity index (χ3n) is 11.0.